The Morgan fingerprint density at radius 2 is 1.56 bits per heavy atom. The number of nitrogens with one attached hydrogen (secondary N) is 1. The van der Waals surface area contributed by atoms with Gasteiger partial charge in [-0.2, -0.15) is 0 Å². The molecule has 0 saturated carbocycles. The molecule has 0 unspecified atom stereocenters. The molecule has 0 atom stereocenters. The third kappa shape index (κ3) is 12.7. The second-order valence-corrected chi connectivity index (χ2v) is 6.60. The summed E-state index contributed by atoms with van der Waals surface area (Å²) in [6.45, 7) is 3.29. The number of carbonyl (C=O) groups is 2. The lowest BCUT2D eigenvalue weighted by Gasteiger charge is -2.04. The number of hydrogen-bond donors (Lipinski definition) is 2. The van der Waals surface area contributed by atoms with E-state index in [-0.39, 0.29) is 12.3 Å². The van der Waals surface area contributed by atoms with Gasteiger partial charge in [0, 0.05) is 19.0 Å². The Morgan fingerprint density at radius 3 is 2.15 bits per heavy atom. The second kappa shape index (κ2) is 14.8. The largest absolute Gasteiger partial charge is 0.494 e. The molecule has 2 N–H and O–H groups in total. The van der Waals surface area contributed by atoms with Gasteiger partial charge < -0.3 is 15.2 Å². The van der Waals surface area contributed by atoms with Crippen molar-refractivity contribution in [1.82, 2.24) is 5.32 Å². The molecular weight excluding hydrogens is 342 g/mol. The molecule has 0 aliphatic rings. The van der Waals surface area contributed by atoms with Crippen LogP contribution in [0.15, 0.2) is 30.3 Å². The Hall–Kier alpha value is -2.30. The molecule has 0 spiro atoms. The number of carboxylic acid groups (broad SMARTS) is 1. The van der Waals surface area contributed by atoms with Crippen molar-refractivity contribution >= 4 is 18.0 Å². The van der Waals surface area contributed by atoms with E-state index >= 15 is 0 Å². The summed E-state index contributed by atoms with van der Waals surface area (Å²) in [6, 6.07) is 7.65. The van der Waals surface area contributed by atoms with Crippen molar-refractivity contribution in [2.24, 2.45) is 0 Å². The maximum absolute atomic E-state index is 11.8. The molecule has 0 bridgehead atoms. The highest BCUT2D eigenvalue weighted by atomic mass is 16.5. The van der Waals surface area contributed by atoms with E-state index in [2.05, 4.69) is 5.32 Å². The number of rotatable bonds is 15. The van der Waals surface area contributed by atoms with Crippen LogP contribution in [0.25, 0.3) is 6.08 Å². The standard InChI is InChI=1S/C22H33NO4/c1-2-27-20-15-12-19(13-16-20)14-17-21(24)23-18-10-8-6-4-3-5-7-9-11-22(25)26/h12-17H,2-11,18H2,1H3,(H,23,24)(H,25,26)/b17-14+. The van der Waals surface area contributed by atoms with Crippen LogP contribution in [0, 0.1) is 0 Å². The predicted octanol–water partition coefficient (Wildman–Crippen LogP) is 4.81. The third-order valence-corrected chi connectivity index (χ3v) is 4.23. The fraction of sp³-hybridized carbons (Fsp3) is 0.545. The lowest BCUT2D eigenvalue weighted by Crippen LogP contribution is -2.21. The van der Waals surface area contributed by atoms with Gasteiger partial charge in [0.25, 0.3) is 0 Å². The van der Waals surface area contributed by atoms with Crippen LogP contribution in [0.1, 0.15) is 70.3 Å². The molecule has 1 amide bonds. The van der Waals surface area contributed by atoms with E-state index in [0.29, 0.717) is 13.2 Å². The van der Waals surface area contributed by atoms with Crippen molar-refractivity contribution in [2.45, 2.75) is 64.7 Å². The maximum Gasteiger partial charge on any atom is 0.303 e. The Labute approximate surface area is 162 Å². The van der Waals surface area contributed by atoms with Crippen molar-refractivity contribution in [3.63, 3.8) is 0 Å². The molecule has 0 aliphatic carbocycles. The lowest BCUT2D eigenvalue weighted by molar-refractivity contribution is -0.137. The molecule has 0 fully saturated rings. The molecule has 0 aliphatic heterocycles. The van der Waals surface area contributed by atoms with Crippen LogP contribution in [0.3, 0.4) is 0 Å². The molecule has 0 saturated heterocycles. The number of unbranched alkanes of at least 4 members (excludes halogenated alkanes) is 7. The Bertz CT molecular complexity index is 566. The van der Waals surface area contributed by atoms with Gasteiger partial charge in [0.1, 0.15) is 5.75 Å². The number of amides is 1. The number of benzene rings is 1. The van der Waals surface area contributed by atoms with Gasteiger partial charge in [-0.1, -0.05) is 50.7 Å². The van der Waals surface area contributed by atoms with Crippen LogP contribution in [0.4, 0.5) is 0 Å². The average molecular weight is 376 g/mol. The summed E-state index contributed by atoms with van der Waals surface area (Å²) in [7, 11) is 0. The molecule has 1 aromatic carbocycles. The zero-order chi connectivity index (χ0) is 19.7. The SMILES string of the molecule is CCOc1ccc(/C=C/C(=O)NCCCCCCCCCCC(=O)O)cc1. The molecule has 0 heterocycles. The quantitative estimate of drug-likeness (QED) is 0.341. The van der Waals surface area contributed by atoms with Crippen molar-refractivity contribution in [3.05, 3.63) is 35.9 Å². The number of aliphatic carboxylic acids is 1. The Balaban J connectivity index is 2.00. The predicted molar refractivity (Wildman–Crippen MR) is 109 cm³/mol. The van der Waals surface area contributed by atoms with Gasteiger partial charge >= 0.3 is 5.97 Å². The molecule has 1 aromatic rings. The molecular formula is C22H33NO4. The van der Waals surface area contributed by atoms with Gasteiger partial charge in [-0.25, -0.2) is 0 Å². The molecule has 0 radical (unpaired) electrons. The van der Waals surface area contributed by atoms with Crippen LogP contribution in [0.5, 0.6) is 5.75 Å². The maximum atomic E-state index is 11.8. The summed E-state index contributed by atoms with van der Waals surface area (Å²) in [5, 5.41) is 11.5. The molecule has 150 valence electrons. The van der Waals surface area contributed by atoms with Gasteiger partial charge in [0.15, 0.2) is 0 Å². The minimum Gasteiger partial charge on any atom is -0.494 e. The van der Waals surface area contributed by atoms with Crippen LogP contribution in [0.2, 0.25) is 0 Å². The van der Waals surface area contributed by atoms with Crippen molar-refractivity contribution in [2.75, 3.05) is 13.2 Å². The molecule has 0 aromatic heterocycles. The summed E-state index contributed by atoms with van der Waals surface area (Å²) in [5.41, 5.74) is 0.969. The first-order valence-corrected chi connectivity index (χ1v) is 10.0. The molecule has 5 nitrogen and oxygen atoms in total. The average Bonchev–Trinajstić information content (AvgIpc) is 2.65. The minimum atomic E-state index is -0.702. The normalized spacial score (nSPS) is 10.9. The van der Waals surface area contributed by atoms with Gasteiger partial charge in [-0.15, -0.1) is 0 Å². The van der Waals surface area contributed by atoms with E-state index in [1.165, 1.54) is 6.42 Å². The number of ether oxygens (including phenoxy) is 1. The third-order valence-electron chi connectivity index (χ3n) is 4.23. The fourth-order valence-electron chi connectivity index (χ4n) is 2.75. The van der Waals surface area contributed by atoms with Crippen LogP contribution < -0.4 is 10.1 Å². The van der Waals surface area contributed by atoms with E-state index in [9.17, 15) is 9.59 Å². The van der Waals surface area contributed by atoms with Gasteiger partial charge in [0.2, 0.25) is 5.91 Å². The molecule has 1 rings (SSSR count). The van der Waals surface area contributed by atoms with Crippen molar-refractivity contribution < 1.29 is 19.4 Å². The molecule has 5 heteroatoms. The number of carbonyl (C=O) groups excluding carboxylic acids is 1. The van der Waals surface area contributed by atoms with E-state index in [0.717, 1.165) is 56.3 Å². The Morgan fingerprint density at radius 1 is 0.963 bits per heavy atom. The summed E-state index contributed by atoms with van der Waals surface area (Å²) in [4.78, 5) is 22.2. The number of hydrogen-bond acceptors (Lipinski definition) is 3. The first-order chi connectivity index (χ1) is 13.1. The monoisotopic (exact) mass is 375 g/mol. The van der Waals surface area contributed by atoms with Gasteiger partial charge in [-0.3, -0.25) is 9.59 Å². The summed E-state index contributed by atoms with van der Waals surface area (Å²) < 4.78 is 5.39. The van der Waals surface area contributed by atoms with Crippen LogP contribution in [-0.2, 0) is 9.59 Å². The van der Waals surface area contributed by atoms with Gasteiger partial charge in [-0.05, 0) is 43.5 Å². The highest BCUT2D eigenvalue weighted by Crippen LogP contribution is 2.13. The smallest absolute Gasteiger partial charge is 0.303 e. The second-order valence-electron chi connectivity index (χ2n) is 6.60. The number of carboxylic acids is 1. The first-order valence-electron chi connectivity index (χ1n) is 10.0. The van der Waals surface area contributed by atoms with E-state index in [1.54, 1.807) is 12.2 Å². The molecule has 27 heavy (non-hydrogen) atoms. The zero-order valence-electron chi connectivity index (χ0n) is 16.4. The highest BCUT2D eigenvalue weighted by molar-refractivity contribution is 5.91. The van der Waals surface area contributed by atoms with E-state index in [4.69, 9.17) is 9.84 Å². The van der Waals surface area contributed by atoms with E-state index < -0.39 is 5.97 Å². The van der Waals surface area contributed by atoms with Crippen LogP contribution >= 0.6 is 0 Å². The summed E-state index contributed by atoms with van der Waals surface area (Å²) in [5.74, 6) is 0.0630. The van der Waals surface area contributed by atoms with Crippen molar-refractivity contribution in [3.8, 4) is 5.75 Å². The fourth-order valence-corrected chi connectivity index (χ4v) is 2.75. The topological polar surface area (TPSA) is 75.6 Å². The van der Waals surface area contributed by atoms with Gasteiger partial charge in [0.05, 0.1) is 6.61 Å². The van der Waals surface area contributed by atoms with Crippen LogP contribution in [-0.4, -0.2) is 30.1 Å². The lowest BCUT2D eigenvalue weighted by atomic mass is 10.1. The highest BCUT2D eigenvalue weighted by Gasteiger charge is 1.98. The zero-order valence-corrected chi connectivity index (χ0v) is 16.4. The summed E-state index contributed by atoms with van der Waals surface area (Å²) >= 11 is 0. The van der Waals surface area contributed by atoms with Crippen molar-refractivity contribution in [1.29, 1.82) is 0 Å². The Kier molecular flexibility index (Phi) is 12.5. The summed E-state index contributed by atoms with van der Waals surface area (Å²) in [6.07, 6.45) is 12.1. The first kappa shape index (κ1) is 22.7. The minimum absolute atomic E-state index is 0.0673. The van der Waals surface area contributed by atoms with E-state index in [1.807, 2.05) is 31.2 Å².